The van der Waals surface area contributed by atoms with Gasteiger partial charge in [0.05, 0.1) is 11.5 Å². The van der Waals surface area contributed by atoms with Crippen LogP contribution in [-0.4, -0.2) is 29.1 Å². The number of anilines is 2. The average Bonchev–Trinajstić information content (AvgIpc) is 2.35. The zero-order chi connectivity index (χ0) is 13.8. The van der Waals surface area contributed by atoms with Gasteiger partial charge in [0.15, 0.2) is 0 Å². The fourth-order valence-corrected chi connectivity index (χ4v) is 1.28. The molecule has 0 radical (unpaired) electrons. The predicted octanol–water partition coefficient (Wildman–Crippen LogP) is 0.920. The van der Waals surface area contributed by atoms with Crippen LogP contribution in [0.1, 0.15) is 0 Å². The van der Waals surface area contributed by atoms with E-state index in [1.165, 1.54) is 18.2 Å². The molecule has 18 heavy (non-hydrogen) atoms. The van der Waals surface area contributed by atoms with E-state index in [-0.39, 0.29) is 11.4 Å². The van der Waals surface area contributed by atoms with Crippen molar-refractivity contribution in [2.24, 2.45) is 5.84 Å². The van der Waals surface area contributed by atoms with Crippen molar-refractivity contribution in [1.29, 1.82) is 0 Å². The summed E-state index contributed by atoms with van der Waals surface area (Å²) in [6.07, 6.45) is 0. The number of nitro groups is 1. The largest absolute Gasteiger partial charge is 0.390 e. The summed E-state index contributed by atoms with van der Waals surface area (Å²) in [4.78, 5) is 10.1. The van der Waals surface area contributed by atoms with Crippen LogP contribution in [0.4, 0.5) is 25.8 Å². The minimum Gasteiger partial charge on any atom is -0.390 e. The highest BCUT2D eigenvalue weighted by Crippen LogP contribution is 2.32. The SMILES string of the molecule is NNc1cccc(NCC(F)(F)CO)c1[N+](=O)[O-]. The van der Waals surface area contributed by atoms with Crippen LogP contribution in [0.15, 0.2) is 18.2 Å². The Morgan fingerprint density at radius 3 is 2.56 bits per heavy atom. The van der Waals surface area contributed by atoms with Crippen LogP contribution in [0.5, 0.6) is 0 Å². The lowest BCUT2D eigenvalue weighted by Gasteiger charge is -2.15. The lowest BCUT2D eigenvalue weighted by Crippen LogP contribution is -2.31. The van der Waals surface area contributed by atoms with E-state index in [0.717, 1.165) is 0 Å². The first-order valence-electron chi connectivity index (χ1n) is 4.88. The van der Waals surface area contributed by atoms with Crippen LogP contribution in [0.3, 0.4) is 0 Å². The molecule has 0 bridgehead atoms. The number of hydrazine groups is 1. The van der Waals surface area contributed by atoms with Crippen molar-refractivity contribution in [3.63, 3.8) is 0 Å². The van der Waals surface area contributed by atoms with Crippen molar-refractivity contribution in [2.45, 2.75) is 5.92 Å². The van der Waals surface area contributed by atoms with Crippen LogP contribution in [0.2, 0.25) is 0 Å². The number of rotatable bonds is 6. The summed E-state index contributed by atoms with van der Waals surface area (Å²) in [6.45, 7) is -2.26. The molecule has 0 aromatic heterocycles. The first-order valence-corrected chi connectivity index (χ1v) is 4.88. The molecular weight excluding hydrogens is 250 g/mol. The van der Waals surface area contributed by atoms with E-state index in [1.807, 2.05) is 0 Å². The number of nitrogen functional groups attached to an aromatic ring is 1. The Bertz CT molecular complexity index is 442. The maximum Gasteiger partial charge on any atom is 0.316 e. The van der Waals surface area contributed by atoms with Crippen LogP contribution in [0, 0.1) is 10.1 Å². The van der Waals surface area contributed by atoms with Crippen LogP contribution in [0.25, 0.3) is 0 Å². The number of halogens is 2. The van der Waals surface area contributed by atoms with Gasteiger partial charge in [0.25, 0.3) is 5.92 Å². The smallest absolute Gasteiger partial charge is 0.316 e. The highest BCUT2D eigenvalue weighted by molar-refractivity contribution is 5.75. The molecule has 9 heteroatoms. The number of nitrogens with zero attached hydrogens (tertiary/aromatic N) is 1. The number of aliphatic hydroxyl groups excluding tert-OH is 1. The maximum absolute atomic E-state index is 12.8. The molecule has 0 unspecified atom stereocenters. The Morgan fingerprint density at radius 1 is 1.44 bits per heavy atom. The number of aliphatic hydroxyl groups is 1. The van der Waals surface area contributed by atoms with Gasteiger partial charge < -0.3 is 15.8 Å². The molecule has 0 amide bonds. The first-order chi connectivity index (χ1) is 8.41. The van der Waals surface area contributed by atoms with Gasteiger partial charge in [-0.2, -0.15) is 0 Å². The number of hydrogen-bond donors (Lipinski definition) is 4. The average molecular weight is 262 g/mol. The summed E-state index contributed by atoms with van der Waals surface area (Å²) >= 11 is 0. The van der Waals surface area contributed by atoms with E-state index >= 15 is 0 Å². The lowest BCUT2D eigenvalue weighted by molar-refractivity contribution is -0.383. The third kappa shape index (κ3) is 3.25. The number of alkyl halides is 2. The normalized spacial score (nSPS) is 11.1. The zero-order valence-electron chi connectivity index (χ0n) is 9.19. The summed E-state index contributed by atoms with van der Waals surface area (Å²) < 4.78 is 25.7. The Labute approximate surface area is 101 Å². The molecule has 0 aliphatic heterocycles. The molecule has 1 aromatic rings. The van der Waals surface area contributed by atoms with Gasteiger partial charge in [0.1, 0.15) is 18.0 Å². The third-order valence-electron chi connectivity index (χ3n) is 2.14. The number of hydrogen-bond acceptors (Lipinski definition) is 6. The molecule has 100 valence electrons. The van der Waals surface area contributed by atoms with Crippen molar-refractivity contribution in [3.05, 3.63) is 28.3 Å². The molecule has 0 aliphatic rings. The second-order valence-corrected chi connectivity index (χ2v) is 3.47. The standard InChI is InChI=1S/C9H12F2N4O3/c10-9(11,5-16)4-13-6-2-1-3-7(14-12)8(6)15(17)18/h1-3,13-14,16H,4-5,12H2. The van der Waals surface area contributed by atoms with Gasteiger partial charge >= 0.3 is 5.69 Å². The first kappa shape index (κ1) is 14.1. The van der Waals surface area contributed by atoms with Gasteiger partial charge in [0, 0.05) is 0 Å². The molecule has 0 aliphatic carbocycles. The zero-order valence-corrected chi connectivity index (χ0v) is 9.19. The van der Waals surface area contributed by atoms with Crippen molar-refractivity contribution in [2.75, 3.05) is 23.9 Å². The van der Waals surface area contributed by atoms with Crippen LogP contribution >= 0.6 is 0 Å². The number of nitrogens with two attached hydrogens (primary N) is 1. The van der Waals surface area contributed by atoms with Gasteiger partial charge in [-0.05, 0) is 12.1 Å². The Morgan fingerprint density at radius 2 is 2.06 bits per heavy atom. The maximum atomic E-state index is 12.8. The summed E-state index contributed by atoms with van der Waals surface area (Å²) in [5.41, 5.74) is 1.56. The van der Waals surface area contributed by atoms with E-state index in [4.69, 9.17) is 10.9 Å². The van der Waals surface area contributed by atoms with E-state index < -0.39 is 29.7 Å². The highest BCUT2D eigenvalue weighted by Gasteiger charge is 2.29. The molecule has 0 saturated carbocycles. The Kier molecular flexibility index (Phi) is 4.34. The number of nitrogens with one attached hydrogen (secondary N) is 2. The van der Waals surface area contributed by atoms with E-state index in [2.05, 4.69) is 10.7 Å². The highest BCUT2D eigenvalue weighted by atomic mass is 19.3. The molecule has 0 saturated heterocycles. The summed E-state index contributed by atoms with van der Waals surface area (Å²) in [5, 5.41) is 21.4. The molecule has 0 fully saturated rings. The van der Waals surface area contributed by atoms with Crippen molar-refractivity contribution in [1.82, 2.24) is 0 Å². The fraction of sp³-hybridized carbons (Fsp3) is 0.333. The molecule has 7 nitrogen and oxygen atoms in total. The van der Waals surface area contributed by atoms with E-state index in [9.17, 15) is 18.9 Å². The Balaban J connectivity index is 2.99. The number of nitro benzene ring substituents is 1. The van der Waals surface area contributed by atoms with Gasteiger partial charge in [-0.1, -0.05) is 6.07 Å². The Hall–Kier alpha value is -2.00. The van der Waals surface area contributed by atoms with Gasteiger partial charge in [0.2, 0.25) is 0 Å². The van der Waals surface area contributed by atoms with Crippen molar-refractivity contribution < 1.29 is 18.8 Å². The van der Waals surface area contributed by atoms with E-state index in [1.54, 1.807) is 0 Å². The summed E-state index contributed by atoms with van der Waals surface area (Å²) in [5.74, 6) is 1.73. The topological polar surface area (TPSA) is 113 Å². The molecule has 1 rings (SSSR count). The van der Waals surface area contributed by atoms with E-state index in [0.29, 0.717) is 0 Å². The molecular formula is C9H12F2N4O3. The molecule has 0 heterocycles. The third-order valence-corrected chi connectivity index (χ3v) is 2.14. The summed E-state index contributed by atoms with van der Waals surface area (Å²) in [6, 6.07) is 4.03. The minimum absolute atomic E-state index is 0.00249. The molecule has 0 atom stereocenters. The lowest BCUT2D eigenvalue weighted by atomic mass is 10.2. The summed E-state index contributed by atoms with van der Waals surface area (Å²) in [7, 11) is 0. The molecule has 1 aromatic carbocycles. The molecule has 5 N–H and O–H groups in total. The monoisotopic (exact) mass is 262 g/mol. The number of benzene rings is 1. The predicted molar refractivity (Wildman–Crippen MR) is 61.4 cm³/mol. The minimum atomic E-state index is -3.36. The quantitative estimate of drug-likeness (QED) is 0.344. The molecule has 0 spiro atoms. The van der Waals surface area contributed by atoms with Crippen LogP contribution < -0.4 is 16.6 Å². The fourth-order valence-electron chi connectivity index (χ4n) is 1.28. The number of para-hydroxylation sites is 1. The second-order valence-electron chi connectivity index (χ2n) is 3.47. The van der Waals surface area contributed by atoms with Gasteiger partial charge in [-0.3, -0.25) is 16.0 Å². The van der Waals surface area contributed by atoms with Crippen molar-refractivity contribution >= 4 is 17.1 Å². The van der Waals surface area contributed by atoms with Gasteiger partial charge in [-0.25, -0.2) is 8.78 Å². The second kappa shape index (κ2) is 5.56. The van der Waals surface area contributed by atoms with Gasteiger partial charge in [-0.15, -0.1) is 0 Å². The van der Waals surface area contributed by atoms with Crippen LogP contribution in [-0.2, 0) is 0 Å². The van der Waals surface area contributed by atoms with Crippen molar-refractivity contribution in [3.8, 4) is 0 Å².